The summed E-state index contributed by atoms with van der Waals surface area (Å²) in [7, 11) is 1.57. The number of alkyl halides is 3. The maximum atomic E-state index is 13.1. The van der Waals surface area contributed by atoms with Crippen LogP contribution in [-0.4, -0.2) is 33.4 Å². The molecule has 0 aliphatic rings. The van der Waals surface area contributed by atoms with Gasteiger partial charge in [-0.1, -0.05) is 23.9 Å². The van der Waals surface area contributed by atoms with E-state index in [2.05, 4.69) is 15.5 Å². The number of para-hydroxylation sites is 1. The highest BCUT2D eigenvalue weighted by Gasteiger charge is 2.33. The Morgan fingerprint density at radius 1 is 1.16 bits per heavy atom. The largest absolute Gasteiger partial charge is 0.497 e. The van der Waals surface area contributed by atoms with Crippen molar-refractivity contribution < 1.29 is 22.7 Å². The van der Waals surface area contributed by atoms with Crippen molar-refractivity contribution in [3.05, 3.63) is 59.7 Å². The number of aryl methyl sites for hydroxylation is 1. The quantitative estimate of drug-likeness (QED) is 0.440. The van der Waals surface area contributed by atoms with E-state index < -0.39 is 17.6 Å². The molecular formula is C21H17F3N4O2S. The lowest BCUT2D eigenvalue weighted by atomic mass is 10.1. The average Bonchev–Trinajstić information content (AvgIpc) is 3.14. The van der Waals surface area contributed by atoms with Gasteiger partial charge < -0.3 is 10.1 Å². The normalized spacial score (nSPS) is 11.8. The first-order valence-electron chi connectivity index (χ1n) is 9.19. The SMILES string of the molecule is COc1ccc2c(C)cc3nnc(SCC(=O)Nc4ccccc4C(F)(F)F)n3c2c1. The Balaban J connectivity index is 1.60. The van der Waals surface area contributed by atoms with Gasteiger partial charge in [0.05, 0.1) is 29.6 Å². The van der Waals surface area contributed by atoms with Crippen molar-refractivity contribution in [3.63, 3.8) is 0 Å². The van der Waals surface area contributed by atoms with Gasteiger partial charge in [0.25, 0.3) is 0 Å². The average molecular weight is 446 g/mol. The molecule has 1 amide bonds. The van der Waals surface area contributed by atoms with Crippen LogP contribution in [0.4, 0.5) is 18.9 Å². The van der Waals surface area contributed by atoms with Crippen LogP contribution in [0.15, 0.2) is 53.7 Å². The van der Waals surface area contributed by atoms with Crippen LogP contribution in [0.2, 0.25) is 0 Å². The second-order valence-electron chi connectivity index (χ2n) is 6.77. The number of fused-ring (bicyclic) bond motifs is 3. The summed E-state index contributed by atoms with van der Waals surface area (Å²) in [6.45, 7) is 1.96. The number of thioether (sulfide) groups is 1. The highest BCUT2D eigenvalue weighted by molar-refractivity contribution is 7.99. The molecule has 0 aliphatic carbocycles. The van der Waals surface area contributed by atoms with Crippen LogP contribution < -0.4 is 10.1 Å². The molecule has 0 fully saturated rings. The number of carbonyl (C=O) groups is 1. The van der Waals surface area contributed by atoms with Gasteiger partial charge in [-0.25, -0.2) is 0 Å². The van der Waals surface area contributed by atoms with E-state index in [1.54, 1.807) is 11.5 Å². The van der Waals surface area contributed by atoms with Crippen LogP contribution in [0.3, 0.4) is 0 Å². The van der Waals surface area contributed by atoms with Crippen LogP contribution in [-0.2, 0) is 11.0 Å². The molecular weight excluding hydrogens is 429 g/mol. The van der Waals surface area contributed by atoms with E-state index in [-0.39, 0.29) is 11.4 Å². The molecule has 0 aliphatic heterocycles. The molecule has 0 bridgehead atoms. The number of anilines is 1. The van der Waals surface area contributed by atoms with Gasteiger partial charge in [0.1, 0.15) is 5.75 Å². The molecule has 6 nitrogen and oxygen atoms in total. The van der Waals surface area contributed by atoms with E-state index >= 15 is 0 Å². The Kier molecular flexibility index (Phi) is 5.48. The molecule has 0 radical (unpaired) electrons. The van der Waals surface area contributed by atoms with E-state index in [0.29, 0.717) is 16.6 Å². The number of hydrogen-bond acceptors (Lipinski definition) is 5. The van der Waals surface area contributed by atoms with E-state index in [0.717, 1.165) is 34.3 Å². The zero-order chi connectivity index (χ0) is 22.2. The summed E-state index contributed by atoms with van der Waals surface area (Å²) < 4.78 is 46.5. The van der Waals surface area contributed by atoms with Gasteiger partial charge in [0.2, 0.25) is 5.91 Å². The Morgan fingerprint density at radius 3 is 2.68 bits per heavy atom. The van der Waals surface area contributed by atoms with Gasteiger partial charge in [-0.2, -0.15) is 13.2 Å². The molecule has 4 rings (SSSR count). The Labute approximate surface area is 179 Å². The van der Waals surface area contributed by atoms with Crippen molar-refractivity contribution in [2.24, 2.45) is 0 Å². The van der Waals surface area contributed by atoms with Crippen molar-refractivity contribution in [2.45, 2.75) is 18.3 Å². The molecule has 2 aromatic carbocycles. The summed E-state index contributed by atoms with van der Waals surface area (Å²) in [5.74, 6) is -0.0511. The van der Waals surface area contributed by atoms with Crippen molar-refractivity contribution >= 4 is 39.9 Å². The van der Waals surface area contributed by atoms with Gasteiger partial charge in [-0.3, -0.25) is 9.20 Å². The number of methoxy groups -OCH3 is 1. The molecule has 0 spiro atoms. The van der Waals surface area contributed by atoms with Crippen molar-refractivity contribution in [2.75, 3.05) is 18.2 Å². The monoisotopic (exact) mass is 446 g/mol. The fourth-order valence-corrected chi connectivity index (χ4v) is 4.03. The molecule has 1 N–H and O–H groups in total. The summed E-state index contributed by atoms with van der Waals surface area (Å²) in [6.07, 6.45) is -4.56. The fourth-order valence-electron chi connectivity index (χ4n) is 3.28. The highest BCUT2D eigenvalue weighted by atomic mass is 32.2. The van der Waals surface area contributed by atoms with Crippen LogP contribution in [0.1, 0.15) is 11.1 Å². The molecule has 0 atom stereocenters. The number of nitrogens with one attached hydrogen (secondary N) is 1. The Hall–Kier alpha value is -3.27. The number of ether oxygens (including phenoxy) is 1. The summed E-state index contributed by atoms with van der Waals surface area (Å²) in [6, 6.07) is 12.4. The van der Waals surface area contributed by atoms with Crippen LogP contribution >= 0.6 is 11.8 Å². The number of hydrogen-bond donors (Lipinski definition) is 1. The highest BCUT2D eigenvalue weighted by Crippen LogP contribution is 2.35. The molecule has 0 unspecified atom stereocenters. The number of amides is 1. The summed E-state index contributed by atoms with van der Waals surface area (Å²) in [5, 5.41) is 12.1. The molecule has 2 aromatic heterocycles. The van der Waals surface area contributed by atoms with Gasteiger partial charge >= 0.3 is 6.18 Å². The standard InChI is InChI=1S/C21H17F3N4O2S/c1-12-9-18-26-27-20(28(18)17-10-13(30-2)7-8-14(12)17)31-11-19(29)25-16-6-4-3-5-15(16)21(22,23)24/h3-10H,11H2,1-2H3,(H,25,29). The minimum Gasteiger partial charge on any atom is -0.497 e. The topological polar surface area (TPSA) is 68.5 Å². The van der Waals surface area contributed by atoms with Gasteiger partial charge in [0, 0.05) is 11.5 Å². The minimum absolute atomic E-state index is 0.133. The molecule has 10 heteroatoms. The predicted octanol–water partition coefficient (Wildman–Crippen LogP) is 4.95. The summed E-state index contributed by atoms with van der Waals surface area (Å²) in [5.41, 5.74) is 1.25. The first-order chi connectivity index (χ1) is 14.8. The van der Waals surface area contributed by atoms with Crippen LogP contribution in [0.25, 0.3) is 16.6 Å². The number of pyridine rings is 1. The Morgan fingerprint density at radius 2 is 1.94 bits per heavy atom. The zero-order valence-corrected chi connectivity index (χ0v) is 17.3. The third kappa shape index (κ3) is 4.15. The maximum absolute atomic E-state index is 13.1. The third-order valence-corrected chi connectivity index (χ3v) is 5.64. The minimum atomic E-state index is -4.56. The molecule has 2 heterocycles. The third-order valence-electron chi connectivity index (χ3n) is 4.71. The van der Waals surface area contributed by atoms with E-state index in [1.165, 1.54) is 18.2 Å². The number of nitrogens with zero attached hydrogens (tertiary/aromatic N) is 3. The molecule has 0 saturated heterocycles. The molecule has 160 valence electrons. The molecule has 4 aromatic rings. The van der Waals surface area contributed by atoms with Gasteiger partial charge in [0.15, 0.2) is 10.8 Å². The Bertz CT molecular complexity index is 1290. The van der Waals surface area contributed by atoms with E-state index in [1.807, 2.05) is 31.2 Å². The lowest BCUT2D eigenvalue weighted by Gasteiger charge is -2.13. The number of halogens is 3. The van der Waals surface area contributed by atoms with Gasteiger partial charge in [-0.15, -0.1) is 10.2 Å². The lowest BCUT2D eigenvalue weighted by molar-refractivity contribution is -0.137. The summed E-state index contributed by atoms with van der Waals surface area (Å²) in [4.78, 5) is 12.4. The van der Waals surface area contributed by atoms with E-state index in [9.17, 15) is 18.0 Å². The number of carbonyl (C=O) groups excluding carboxylic acids is 1. The van der Waals surface area contributed by atoms with Crippen LogP contribution in [0, 0.1) is 6.92 Å². The smallest absolute Gasteiger partial charge is 0.418 e. The molecule has 31 heavy (non-hydrogen) atoms. The van der Waals surface area contributed by atoms with E-state index in [4.69, 9.17) is 4.74 Å². The van der Waals surface area contributed by atoms with Crippen molar-refractivity contribution in [3.8, 4) is 5.75 Å². The number of rotatable bonds is 5. The first kappa shape index (κ1) is 21.0. The van der Waals surface area contributed by atoms with Gasteiger partial charge in [-0.05, 0) is 42.8 Å². The molecule has 0 saturated carbocycles. The lowest BCUT2D eigenvalue weighted by Crippen LogP contribution is -2.18. The fraction of sp³-hybridized carbons (Fsp3) is 0.190. The van der Waals surface area contributed by atoms with Crippen molar-refractivity contribution in [1.82, 2.24) is 14.6 Å². The zero-order valence-electron chi connectivity index (χ0n) is 16.5. The second kappa shape index (κ2) is 8.10. The maximum Gasteiger partial charge on any atom is 0.418 e. The second-order valence-corrected chi connectivity index (χ2v) is 7.71. The summed E-state index contributed by atoms with van der Waals surface area (Å²) >= 11 is 1.09. The first-order valence-corrected chi connectivity index (χ1v) is 10.2. The van der Waals surface area contributed by atoms with Crippen molar-refractivity contribution in [1.29, 1.82) is 0 Å². The van der Waals surface area contributed by atoms with Crippen LogP contribution in [0.5, 0.6) is 5.75 Å². The number of benzene rings is 2. The predicted molar refractivity (Wildman–Crippen MR) is 113 cm³/mol. The number of aromatic nitrogens is 3.